The summed E-state index contributed by atoms with van der Waals surface area (Å²) in [5.74, 6) is 0.439. The summed E-state index contributed by atoms with van der Waals surface area (Å²) in [6, 6.07) is 8.08. The molecule has 1 aliphatic carbocycles. The van der Waals surface area contributed by atoms with E-state index in [1.54, 1.807) is 24.4 Å². The normalized spacial score (nSPS) is 19.1. The molecule has 150 valence electrons. The summed E-state index contributed by atoms with van der Waals surface area (Å²) in [5.41, 5.74) is 0.0833. The van der Waals surface area contributed by atoms with Crippen molar-refractivity contribution in [2.45, 2.75) is 37.8 Å². The number of anilines is 2. The minimum absolute atomic E-state index is 0.0353. The zero-order valence-electron chi connectivity index (χ0n) is 15.9. The second kappa shape index (κ2) is 9.45. The highest BCUT2D eigenvalue weighted by Gasteiger charge is 2.24. The standard InChI is InChI=1S/C20H26FN5O2/c1-26(12-13-27)18-10-11-22-20(25-18)24-15-8-6-14(7-9-15)23-19(28)16-4-2-3-5-17(16)21/h2-5,10-11,14-15,27H,6-9,12-13H2,1H3,(H,23,28)(H,22,24,25). The van der Waals surface area contributed by atoms with Gasteiger partial charge in [0.25, 0.3) is 5.91 Å². The summed E-state index contributed by atoms with van der Waals surface area (Å²) in [6.45, 7) is 0.565. The van der Waals surface area contributed by atoms with Crippen LogP contribution in [-0.2, 0) is 0 Å². The van der Waals surface area contributed by atoms with Crippen molar-refractivity contribution in [2.24, 2.45) is 0 Å². The summed E-state index contributed by atoms with van der Waals surface area (Å²) >= 11 is 0. The summed E-state index contributed by atoms with van der Waals surface area (Å²) in [5, 5.41) is 15.3. The van der Waals surface area contributed by atoms with Crippen molar-refractivity contribution < 1.29 is 14.3 Å². The summed E-state index contributed by atoms with van der Waals surface area (Å²) in [4.78, 5) is 22.9. The fourth-order valence-electron chi connectivity index (χ4n) is 3.37. The molecule has 28 heavy (non-hydrogen) atoms. The number of aromatic nitrogens is 2. The lowest BCUT2D eigenvalue weighted by Gasteiger charge is -2.30. The average Bonchev–Trinajstić information content (AvgIpc) is 2.70. The molecular weight excluding hydrogens is 361 g/mol. The fraction of sp³-hybridized carbons (Fsp3) is 0.450. The number of benzene rings is 1. The third-order valence-electron chi connectivity index (χ3n) is 4.98. The maximum atomic E-state index is 13.7. The van der Waals surface area contributed by atoms with Crippen LogP contribution in [0.5, 0.6) is 0 Å². The van der Waals surface area contributed by atoms with Crippen molar-refractivity contribution in [1.29, 1.82) is 0 Å². The van der Waals surface area contributed by atoms with Gasteiger partial charge in [0.05, 0.1) is 12.2 Å². The van der Waals surface area contributed by atoms with Gasteiger partial charge < -0.3 is 20.6 Å². The number of rotatable bonds is 7. The Morgan fingerprint density at radius 1 is 1.21 bits per heavy atom. The van der Waals surface area contributed by atoms with Crippen LogP contribution >= 0.6 is 0 Å². The molecule has 0 bridgehead atoms. The van der Waals surface area contributed by atoms with Crippen molar-refractivity contribution in [3.05, 3.63) is 47.9 Å². The van der Waals surface area contributed by atoms with E-state index in [0.717, 1.165) is 31.5 Å². The number of carbonyl (C=O) groups excluding carboxylic acids is 1. The van der Waals surface area contributed by atoms with Crippen LogP contribution in [-0.4, -0.2) is 53.3 Å². The zero-order chi connectivity index (χ0) is 19.9. The first-order valence-electron chi connectivity index (χ1n) is 9.54. The number of aliphatic hydroxyl groups is 1. The summed E-state index contributed by atoms with van der Waals surface area (Å²) < 4.78 is 13.7. The van der Waals surface area contributed by atoms with E-state index in [0.29, 0.717) is 12.5 Å². The highest BCUT2D eigenvalue weighted by Crippen LogP contribution is 2.22. The van der Waals surface area contributed by atoms with Crippen molar-refractivity contribution in [3.8, 4) is 0 Å². The van der Waals surface area contributed by atoms with Gasteiger partial charge in [-0.3, -0.25) is 4.79 Å². The van der Waals surface area contributed by atoms with Gasteiger partial charge in [-0.1, -0.05) is 12.1 Å². The number of aliphatic hydroxyl groups excluding tert-OH is 1. The maximum Gasteiger partial charge on any atom is 0.254 e. The Balaban J connectivity index is 1.50. The van der Waals surface area contributed by atoms with E-state index in [1.807, 2.05) is 11.9 Å². The number of carbonyl (C=O) groups is 1. The van der Waals surface area contributed by atoms with E-state index >= 15 is 0 Å². The average molecular weight is 387 g/mol. The number of nitrogens with one attached hydrogen (secondary N) is 2. The van der Waals surface area contributed by atoms with E-state index in [2.05, 4.69) is 20.6 Å². The van der Waals surface area contributed by atoms with Crippen LogP contribution < -0.4 is 15.5 Å². The van der Waals surface area contributed by atoms with Gasteiger partial charge in [-0.2, -0.15) is 4.98 Å². The lowest BCUT2D eigenvalue weighted by molar-refractivity contribution is 0.0922. The van der Waals surface area contributed by atoms with Crippen LogP contribution in [0.1, 0.15) is 36.0 Å². The highest BCUT2D eigenvalue weighted by atomic mass is 19.1. The largest absolute Gasteiger partial charge is 0.395 e. The van der Waals surface area contributed by atoms with E-state index in [9.17, 15) is 9.18 Å². The first-order valence-corrected chi connectivity index (χ1v) is 9.54. The molecule has 0 radical (unpaired) electrons. The van der Waals surface area contributed by atoms with Gasteiger partial charge in [0.2, 0.25) is 5.95 Å². The van der Waals surface area contributed by atoms with Gasteiger partial charge >= 0.3 is 0 Å². The van der Waals surface area contributed by atoms with Gasteiger partial charge in [0, 0.05) is 31.9 Å². The SMILES string of the molecule is CN(CCO)c1ccnc(NC2CCC(NC(=O)c3ccccc3F)CC2)n1. The third kappa shape index (κ3) is 5.16. The lowest BCUT2D eigenvalue weighted by Crippen LogP contribution is -2.40. The molecule has 1 heterocycles. The molecule has 1 aliphatic rings. The monoisotopic (exact) mass is 387 g/mol. The molecule has 8 heteroatoms. The van der Waals surface area contributed by atoms with Crippen molar-refractivity contribution in [1.82, 2.24) is 15.3 Å². The van der Waals surface area contributed by atoms with Gasteiger partial charge in [-0.05, 0) is 43.9 Å². The molecule has 0 atom stereocenters. The maximum absolute atomic E-state index is 13.7. The topological polar surface area (TPSA) is 90.4 Å². The molecule has 7 nitrogen and oxygen atoms in total. The number of hydrogen-bond donors (Lipinski definition) is 3. The number of amides is 1. The quantitative estimate of drug-likeness (QED) is 0.675. The second-order valence-corrected chi connectivity index (χ2v) is 7.03. The molecular formula is C20H26FN5O2. The Morgan fingerprint density at radius 3 is 2.64 bits per heavy atom. The molecule has 1 aromatic carbocycles. The van der Waals surface area contributed by atoms with Gasteiger partial charge in [-0.25, -0.2) is 9.37 Å². The van der Waals surface area contributed by atoms with Crippen molar-refractivity contribution in [2.75, 3.05) is 30.4 Å². The number of likely N-dealkylation sites (N-methyl/N-ethyl adjacent to an activating group) is 1. The molecule has 1 saturated carbocycles. The number of halogens is 1. The predicted octanol–water partition coefficient (Wildman–Crippen LogP) is 2.20. The van der Waals surface area contributed by atoms with Crippen LogP contribution in [0.15, 0.2) is 36.5 Å². The fourth-order valence-corrected chi connectivity index (χ4v) is 3.37. The van der Waals surface area contributed by atoms with Gasteiger partial charge in [0.15, 0.2) is 0 Å². The smallest absolute Gasteiger partial charge is 0.254 e. The predicted molar refractivity (Wildman–Crippen MR) is 106 cm³/mol. The highest BCUT2D eigenvalue weighted by molar-refractivity contribution is 5.94. The van der Waals surface area contributed by atoms with E-state index in [-0.39, 0.29) is 30.2 Å². The minimum Gasteiger partial charge on any atom is -0.395 e. The first kappa shape index (κ1) is 20.0. The molecule has 1 fully saturated rings. The Kier molecular flexibility index (Phi) is 6.76. The van der Waals surface area contributed by atoms with Gasteiger partial charge in [-0.15, -0.1) is 0 Å². The molecule has 1 amide bonds. The molecule has 0 aliphatic heterocycles. The summed E-state index contributed by atoms with van der Waals surface area (Å²) in [6.07, 6.45) is 5.04. The van der Waals surface area contributed by atoms with Gasteiger partial charge in [0.1, 0.15) is 11.6 Å². The number of nitrogens with zero attached hydrogens (tertiary/aromatic N) is 3. The molecule has 0 spiro atoms. The van der Waals surface area contributed by atoms with Crippen molar-refractivity contribution >= 4 is 17.7 Å². The molecule has 0 unspecified atom stereocenters. The Morgan fingerprint density at radius 2 is 1.93 bits per heavy atom. The molecule has 1 aromatic heterocycles. The minimum atomic E-state index is -0.501. The van der Waals surface area contributed by atoms with Crippen LogP contribution in [0, 0.1) is 5.82 Å². The first-order chi connectivity index (χ1) is 13.6. The van der Waals surface area contributed by atoms with Crippen LogP contribution in [0.25, 0.3) is 0 Å². The molecule has 3 N–H and O–H groups in total. The van der Waals surface area contributed by atoms with E-state index in [4.69, 9.17) is 5.11 Å². The lowest BCUT2D eigenvalue weighted by atomic mass is 9.91. The molecule has 2 aromatic rings. The number of hydrogen-bond acceptors (Lipinski definition) is 6. The van der Waals surface area contributed by atoms with E-state index in [1.165, 1.54) is 12.1 Å². The second-order valence-electron chi connectivity index (χ2n) is 7.03. The molecule has 0 saturated heterocycles. The Hall–Kier alpha value is -2.74. The van der Waals surface area contributed by atoms with E-state index < -0.39 is 5.82 Å². The van der Waals surface area contributed by atoms with Crippen LogP contribution in [0.3, 0.4) is 0 Å². The molecule has 3 rings (SSSR count). The van der Waals surface area contributed by atoms with Crippen LogP contribution in [0.4, 0.5) is 16.2 Å². The van der Waals surface area contributed by atoms with Crippen LogP contribution in [0.2, 0.25) is 0 Å². The van der Waals surface area contributed by atoms with Crippen molar-refractivity contribution in [3.63, 3.8) is 0 Å². The Labute approximate surface area is 164 Å². The zero-order valence-corrected chi connectivity index (χ0v) is 15.9. The summed E-state index contributed by atoms with van der Waals surface area (Å²) in [7, 11) is 1.87. The Bertz CT molecular complexity index is 796. The third-order valence-corrected chi connectivity index (χ3v) is 4.98.